The van der Waals surface area contributed by atoms with Gasteiger partial charge in [0.15, 0.2) is 17.5 Å². The molecule has 0 N–H and O–H groups in total. The molecule has 0 saturated heterocycles. The molecule has 1 atom stereocenters. The lowest BCUT2D eigenvalue weighted by Crippen LogP contribution is -2.10. The Morgan fingerprint density at radius 2 is 0.787 bits per heavy atom. The number of allylic oxidation sites excluding steroid dienone is 1. The predicted octanol–water partition coefficient (Wildman–Crippen LogP) is 15.3. The lowest BCUT2D eigenvalue weighted by Gasteiger charge is -2.25. The molecule has 2 heterocycles. The zero-order valence-electron chi connectivity index (χ0n) is 33.2. The molecule has 0 bridgehead atoms. The van der Waals surface area contributed by atoms with Gasteiger partial charge in [-0.25, -0.2) is 15.0 Å². The largest absolute Gasteiger partial charge is 0.209 e. The molecule has 4 heteroatoms. The van der Waals surface area contributed by atoms with Crippen LogP contribution in [-0.4, -0.2) is 15.0 Å². The molecular formula is C57H37N3S. The maximum atomic E-state index is 5.31. The van der Waals surface area contributed by atoms with Gasteiger partial charge in [-0.05, 0) is 101 Å². The average Bonchev–Trinajstić information content (AvgIpc) is 3.73. The third kappa shape index (κ3) is 6.23. The molecule has 3 nitrogen and oxygen atoms in total. The molecule has 61 heavy (non-hydrogen) atoms. The quantitative estimate of drug-likeness (QED) is 0.157. The Morgan fingerprint density at radius 3 is 1.34 bits per heavy atom. The highest BCUT2D eigenvalue weighted by atomic mass is 32.1. The van der Waals surface area contributed by atoms with E-state index in [0.29, 0.717) is 17.5 Å². The number of aromatic nitrogens is 3. The van der Waals surface area contributed by atoms with Gasteiger partial charge in [0.05, 0.1) is 0 Å². The monoisotopic (exact) mass is 795 g/mol. The van der Waals surface area contributed by atoms with Crippen molar-refractivity contribution in [3.05, 3.63) is 222 Å². The summed E-state index contributed by atoms with van der Waals surface area (Å²) in [5, 5.41) is 9.02. The number of thiophene rings is 1. The summed E-state index contributed by atoms with van der Waals surface area (Å²) >= 11 is 1.86. The Hall–Kier alpha value is -7.53. The van der Waals surface area contributed by atoms with Crippen LogP contribution in [0.15, 0.2) is 200 Å². The Kier molecular flexibility index (Phi) is 8.50. The summed E-state index contributed by atoms with van der Waals surface area (Å²) in [6.45, 7) is 0. The van der Waals surface area contributed by atoms with Gasteiger partial charge in [0, 0.05) is 26.6 Å². The third-order valence-electron chi connectivity index (χ3n) is 12.3. The van der Waals surface area contributed by atoms with E-state index in [4.69, 9.17) is 15.0 Å². The van der Waals surface area contributed by atoms with Crippen LogP contribution in [0.25, 0.3) is 99.1 Å². The molecule has 1 aliphatic rings. The summed E-state index contributed by atoms with van der Waals surface area (Å²) < 4.78 is 1.29. The van der Waals surface area contributed by atoms with Crippen molar-refractivity contribution in [2.75, 3.05) is 0 Å². The van der Waals surface area contributed by atoms with E-state index < -0.39 is 0 Å². The van der Waals surface area contributed by atoms with Crippen LogP contribution in [-0.2, 0) is 0 Å². The van der Waals surface area contributed by atoms with Crippen LogP contribution in [0.1, 0.15) is 34.2 Å². The molecule has 11 aromatic rings. The summed E-state index contributed by atoms with van der Waals surface area (Å²) in [5.74, 6) is 2.13. The van der Waals surface area contributed by atoms with E-state index >= 15 is 0 Å². The molecule has 0 amide bonds. The number of hydrogen-bond donors (Lipinski definition) is 0. The fraction of sp³-hybridized carbons (Fsp3) is 0.0351. The van der Waals surface area contributed by atoms with E-state index in [2.05, 4.69) is 194 Å². The van der Waals surface area contributed by atoms with Gasteiger partial charge < -0.3 is 0 Å². The van der Waals surface area contributed by atoms with E-state index in [9.17, 15) is 0 Å². The van der Waals surface area contributed by atoms with Crippen molar-refractivity contribution >= 4 is 65.4 Å². The van der Waals surface area contributed by atoms with Crippen LogP contribution in [0.4, 0.5) is 0 Å². The molecule has 12 rings (SSSR count). The molecule has 0 aliphatic heterocycles. The summed E-state index contributed by atoms with van der Waals surface area (Å²) in [6, 6.07) is 71.8. The number of rotatable bonds is 6. The lowest BCUT2D eigenvalue weighted by atomic mass is 9.79. The molecule has 1 aliphatic carbocycles. The first-order valence-corrected chi connectivity index (χ1v) is 21.7. The van der Waals surface area contributed by atoms with Crippen LogP contribution in [0.3, 0.4) is 0 Å². The molecule has 1 unspecified atom stereocenters. The third-order valence-corrected chi connectivity index (χ3v) is 13.5. The Labute approximate surface area is 358 Å². The molecule has 286 valence electrons. The lowest BCUT2D eigenvalue weighted by molar-refractivity contribution is 0.835. The molecule has 0 fully saturated rings. The predicted molar refractivity (Wildman–Crippen MR) is 257 cm³/mol. The number of benzene rings is 9. The van der Waals surface area contributed by atoms with Gasteiger partial charge in [0.1, 0.15) is 0 Å². The first-order valence-electron chi connectivity index (χ1n) is 20.9. The van der Waals surface area contributed by atoms with Crippen LogP contribution in [0.2, 0.25) is 0 Å². The van der Waals surface area contributed by atoms with Gasteiger partial charge in [-0.2, -0.15) is 0 Å². The zero-order valence-corrected chi connectivity index (χ0v) is 34.0. The fourth-order valence-corrected chi connectivity index (χ4v) is 10.6. The van der Waals surface area contributed by atoms with Gasteiger partial charge in [-0.3, -0.25) is 0 Å². The van der Waals surface area contributed by atoms with E-state index in [-0.39, 0.29) is 5.92 Å². The summed E-state index contributed by atoms with van der Waals surface area (Å²) in [4.78, 5) is 17.1. The highest BCUT2D eigenvalue weighted by Gasteiger charge is 2.30. The van der Waals surface area contributed by atoms with Crippen molar-refractivity contribution in [1.82, 2.24) is 15.0 Å². The van der Waals surface area contributed by atoms with E-state index in [1.165, 1.54) is 69.5 Å². The van der Waals surface area contributed by atoms with Crippen molar-refractivity contribution in [3.63, 3.8) is 0 Å². The fourth-order valence-electron chi connectivity index (χ4n) is 9.33. The maximum absolute atomic E-state index is 5.31. The Morgan fingerprint density at radius 1 is 0.361 bits per heavy atom. The highest BCUT2D eigenvalue weighted by molar-refractivity contribution is 7.20. The minimum Gasteiger partial charge on any atom is -0.209 e. The normalized spacial score (nSPS) is 13.8. The van der Waals surface area contributed by atoms with Gasteiger partial charge in [0.25, 0.3) is 0 Å². The van der Waals surface area contributed by atoms with Crippen LogP contribution < -0.4 is 0 Å². The number of nitrogens with zero attached hydrogens (tertiary/aromatic N) is 3. The van der Waals surface area contributed by atoms with Crippen molar-refractivity contribution in [3.8, 4) is 45.0 Å². The second kappa shape index (κ2) is 14.6. The molecule has 2 aromatic heterocycles. The van der Waals surface area contributed by atoms with Crippen molar-refractivity contribution in [2.24, 2.45) is 0 Å². The topological polar surface area (TPSA) is 38.7 Å². The second-order valence-electron chi connectivity index (χ2n) is 15.9. The number of fused-ring (bicyclic) bond motifs is 9. The molecule has 0 spiro atoms. The van der Waals surface area contributed by atoms with E-state index in [1.807, 2.05) is 23.5 Å². The molecule has 0 radical (unpaired) electrons. The maximum Gasteiger partial charge on any atom is 0.164 e. The highest BCUT2D eigenvalue weighted by Crippen LogP contribution is 2.49. The van der Waals surface area contributed by atoms with Gasteiger partial charge >= 0.3 is 0 Å². The average molecular weight is 796 g/mol. The van der Waals surface area contributed by atoms with Crippen LogP contribution in [0.5, 0.6) is 0 Å². The van der Waals surface area contributed by atoms with Gasteiger partial charge in [-0.1, -0.05) is 188 Å². The molecular weight excluding hydrogens is 759 g/mol. The van der Waals surface area contributed by atoms with E-state index in [1.54, 1.807) is 0 Å². The first kappa shape index (κ1) is 35.4. The van der Waals surface area contributed by atoms with Crippen LogP contribution >= 0.6 is 11.3 Å². The van der Waals surface area contributed by atoms with Crippen molar-refractivity contribution in [1.29, 1.82) is 0 Å². The SMILES string of the molecule is C1=C(c2nc(-c3ccc(-c4ccccc4)cc3)nc(-c3ccc(-c4ccccc4)cc3)n2)CC(c2ccc3c4ccccc4c4ccccc4c3c2)c2c1sc1ccccc21. The van der Waals surface area contributed by atoms with E-state index in [0.717, 1.165) is 34.2 Å². The summed E-state index contributed by atoms with van der Waals surface area (Å²) in [7, 11) is 0. The minimum atomic E-state index is 0.0970. The Balaban J connectivity index is 1.02. The molecule has 0 saturated carbocycles. The first-order chi connectivity index (χ1) is 30.2. The van der Waals surface area contributed by atoms with Crippen LogP contribution in [0, 0.1) is 0 Å². The Bertz CT molecular complexity index is 3340. The summed E-state index contributed by atoms with van der Waals surface area (Å²) in [6.07, 6.45) is 3.11. The van der Waals surface area contributed by atoms with Gasteiger partial charge in [-0.15, -0.1) is 11.3 Å². The smallest absolute Gasteiger partial charge is 0.164 e. The standard InChI is InChI=1S/C57H37N3S/c1-3-13-36(14-4-1)38-23-27-40(28-24-38)55-58-56(41-29-25-39(26-30-41)37-15-5-2-6-16-37)60-57(59-55)43-34-50(54-49-21-11-12-22-52(49)61-53(54)35-43)42-31-32-48-46-19-8-7-17-44(46)45-18-9-10-20-47(45)51(48)33-42/h1-33,35,50H,34H2. The number of hydrogen-bond acceptors (Lipinski definition) is 4. The second-order valence-corrected chi connectivity index (χ2v) is 17.0. The van der Waals surface area contributed by atoms with Crippen molar-refractivity contribution < 1.29 is 0 Å². The van der Waals surface area contributed by atoms with Crippen molar-refractivity contribution in [2.45, 2.75) is 12.3 Å². The summed E-state index contributed by atoms with van der Waals surface area (Å²) in [5.41, 5.74) is 10.4. The van der Waals surface area contributed by atoms with Gasteiger partial charge in [0.2, 0.25) is 0 Å². The zero-order chi connectivity index (χ0) is 40.3. The molecule has 9 aromatic carbocycles. The minimum absolute atomic E-state index is 0.0970.